The van der Waals surface area contributed by atoms with Gasteiger partial charge in [0.05, 0.1) is 26.2 Å². The molecule has 0 aliphatic rings. The van der Waals surface area contributed by atoms with E-state index < -0.39 is 28.2 Å². The molecule has 0 bridgehead atoms. The summed E-state index contributed by atoms with van der Waals surface area (Å²) in [6.45, 7) is 14.2. The molecule has 9 heteroatoms. The van der Waals surface area contributed by atoms with E-state index in [1.807, 2.05) is 0 Å². The zero-order valence-electron chi connectivity index (χ0n) is 16.4. The fraction of sp³-hybridized carbons (Fsp3) is 1.00. The van der Waals surface area contributed by atoms with Crippen molar-refractivity contribution in [2.24, 2.45) is 0 Å². The van der Waals surface area contributed by atoms with E-state index >= 15 is 0 Å². The van der Waals surface area contributed by atoms with Gasteiger partial charge < -0.3 is 9.04 Å². The zero-order valence-corrected chi connectivity index (χ0v) is 17.3. The number of unbranched alkanes of at least 4 members (excludes halogenated alkanes) is 4. The lowest BCUT2D eigenvalue weighted by atomic mass is 10.1. The number of alkyl halides is 4. The first kappa shape index (κ1) is 27.8. The topological polar surface area (TPSA) is 57.2 Å². The van der Waals surface area contributed by atoms with Crippen molar-refractivity contribution in [1.82, 2.24) is 0 Å². The molecule has 0 aromatic heterocycles. The van der Waals surface area contributed by atoms with E-state index in [-0.39, 0.29) is 19.3 Å². The van der Waals surface area contributed by atoms with Gasteiger partial charge in [0.2, 0.25) is 0 Å². The van der Waals surface area contributed by atoms with E-state index in [0.29, 0.717) is 19.3 Å². The molecule has 0 amide bonds. The van der Waals surface area contributed by atoms with Crippen LogP contribution in [0.25, 0.3) is 0 Å². The normalized spacial score (nSPS) is 13.9. The van der Waals surface area contributed by atoms with Gasteiger partial charge in [-0.25, -0.2) is 12.8 Å². The summed E-state index contributed by atoms with van der Waals surface area (Å²) >= 11 is 0. The van der Waals surface area contributed by atoms with E-state index in [1.54, 1.807) is 0 Å². The van der Waals surface area contributed by atoms with Gasteiger partial charge in [-0.15, -0.1) is 0 Å². The smallest absolute Gasteiger partial charge is 0.389 e. The maximum absolute atomic E-state index is 12.6. The lowest BCUT2D eigenvalue weighted by molar-refractivity contribution is -0.921. The minimum absolute atomic E-state index is 0.0163. The molecule has 160 valence electrons. The van der Waals surface area contributed by atoms with Gasteiger partial charge in [0.15, 0.2) is 5.50 Å². The average molecular weight is 410 g/mol. The molecule has 0 rings (SSSR count). The van der Waals surface area contributed by atoms with E-state index in [4.69, 9.17) is 0 Å². The number of hydrogen-bond donors (Lipinski definition) is 0. The third-order valence-corrected chi connectivity index (χ3v) is 5.75. The molecule has 26 heavy (non-hydrogen) atoms. The third-order valence-electron chi connectivity index (χ3n) is 4.89. The Bertz CT molecular complexity index is 420. The minimum atomic E-state index is -4.89. The highest BCUT2D eigenvalue weighted by Gasteiger charge is 2.25. The predicted molar refractivity (Wildman–Crippen MR) is 95.4 cm³/mol. The molecule has 1 unspecified atom stereocenters. The Labute approximate surface area is 156 Å². The molecule has 4 nitrogen and oxygen atoms in total. The fourth-order valence-electron chi connectivity index (χ4n) is 2.65. The van der Waals surface area contributed by atoms with Crippen molar-refractivity contribution in [2.75, 3.05) is 26.2 Å². The lowest BCUT2D eigenvalue weighted by Crippen LogP contribution is -2.47. The van der Waals surface area contributed by atoms with Gasteiger partial charge in [0.25, 0.3) is 0 Å². The van der Waals surface area contributed by atoms with E-state index in [1.165, 1.54) is 30.7 Å². The number of halogens is 4. The average Bonchev–Trinajstić information content (AvgIpc) is 2.55. The summed E-state index contributed by atoms with van der Waals surface area (Å²) in [7, 11) is -4.89. The highest BCUT2D eigenvalue weighted by molar-refractivity contribution is 7.86. The van der Waals surface area contributed by atoms with Crippen molar-refractivity contribution in [3.8, 4) is 0 Å². The van der Waals surface area contributed by atoms with Crippen LogP contribution in [0.2, 0.25) is 0 Å². The maximum atomic E-state index is 12.6. The summed E-state index contributed by atoms with van der Waals surface area (Å²) in [6.07, 6.45) is -3.91. The van der Waals surface area contributed by atoms with Crippen LogP contribution in [-0.2, 0) is 10.1 Å². The summed E-state index contributed by atoms with van der Waals surface area (Å²) in [5.41, 5.74) is -2.40. The van der Waals surface area contributed by atoms with Crippen LogP contribution in [0.15, 0.2) is 0 Å². The number of nitrogens with zero attached hydrogens (tertiary/aromatic N) is 1. The molecule has 0 saturated carbocycles. The van der Waals surface area contributed by atoms with Crippen LogP contribution in [0.3, 0.4) is 0 Å². The van der Waals surface area contributed by atoms with Gasteiger partial charge in [0.1, 0.15) is 10.1 Å². The lowest BCUT2D eigenvalue weighted by Gasteiger charge is -2.34. The second kappa shape index (κ2) is 13.7. The van der Waals surface area contributed by atoms with Gasteiger partial charge in [-0.2, -0.15) is 13.2 Å². The highest BCUT2D eigenvalue weighted by Crippen LogP contribution is 2.23. The molecule has 0 spiro atoms. The molecular formula is C17H35F4NO3S. The predicted octanol–water partition coefficient (Wildman–Crippen LogP) is 5.00. The van der Waals surface area contributed by atoms with Crippen LogP contribution in [0.1, 0.15) is 72.6 Å². The fourth-order valence-corrected chi connectivity index (χ4v) is 3.10. The molecule has 0 aliphatic heterocycles. The minimum Gasteiger partial charge on any atom is -0.746 e. The molecule has 1 atom stereocenters. The number of hydrogen-bond acceptors (Lipinski definition) is 3. The molecule has 0 radical (unpaired) electrons. The molecule has 0 heterocycles. The van der Waals surface area contributed by atoms with Crippen molar-refractivity contribution >= 4 is 10.1 Å². The van der Waals surface area contributed by atoms with Crippen LogP contribution in [0, 0.1) is 0 Å². The first-order valence-corrected chi connectivity index (χ1v) is 10.8. The van der Waals surface area contributed by atoms with E-state index in [0.717, 1.165) is 0 Å². The first-order valence-electron chi connectivity index (χ1n) is 9.38. The summed E-state index contributed by atoms with van der Waals surface area (Å²) in [4.78, 5) is 0. The maximum Gasteiger partial charge on any atom is 0.389 e. The summed E-state index contributed by atoms with van der Waals surface area (Å²) in [5, 5.41) is 0. The summed E-state index contributed by atoms with van der Waals surface area (Å²) < 4.78 is 79.5. The van der Waals surface area contributed by atoms with Crippen molar-refractivity contribution in [3.63, 3.8) is 0 Å². The Kier molecular flexibility index (Phi) is 14.7. The molecule has 0 saturated heterocycles. The second-order valence-electron chi connectivity index (χ2n) is 6.43. The van der Waals surface area contributed by atoms with Crippen LogP contribution >= 0.6 is 0 Å². The summed E-state index contributed by atoms with van der Waals surface area (Å²) in [6, 6.07) is 0. The first-order chi connectivity index (χ1) is 11.9. The SMILES string of the molecule is CC[N+](CC)(CC)CC.O=S(=O)([O-])C(F)CCCCCCCC(F)(F)F. The Morgan fingerprint density at radius 3 is 1.54 bits per heavy atom. The van der Waals surface area contributed by atoms with Crippen molar-refractivity contribution < 1.29 is 35.0 Å². The third kappa shape index (κ3) is 14.7. The second-order valence-corrected chi connectivity index (χ2v) is 7.93. The molecule has 0 aromatic carbocycles. The van der Waals surface area contributed by atoms with Gasteiger partial charge in [0, 0.05) is 6.42 Å². The zero-order chi connectivity index (χ0) is 20.9. The van der Waals surface area contributed by atoms with Crippen LogP contribution in [0.5, 0.6) is 0 Å². The molecule has 0 fully saturated rings. The quantitative estimate of drug-likeness (QED) is 0.197. The van der Waals surface area contributed by atoms with Gasteiger partial charge in [-0.05, 0) is 47.0 Å². The van der Waals surface area contributed by atoms with Gasteiger partial charge >= 0.3 is 6.18 Å². The summed E-state index contributed by atoms with van der Waals surface area (Å²) in [5.74, 6) is 0. The molecule has 0 aliphatic carbocycles. The van der Waals surface area contributed by atoms with Crippen molar-refractivity contribution in [2.45, 2.75) is 84.3 Å². The van der Waals surface area contributed by atoms with E-state index in [9.17, 15) is 30.5 Å². The Balaban J connectivity index is 0. The largest absolute Gasteiger partial charge is 0.746 e. The standard InChI is InChI=1S/C9H16F4O3S.C8H20N/c10-8(17(14,15)16)6-4-2-1-3-5-7-9(11,12)13;1-5-9(6-2,7-3)8-4/h8H,1-7H2,(H,14,15,16);5-8H2,1-4H3/q;+1/p-1. The highest BCUT2D eigenvalue weighted by atomic mass is 32.2. The molecular weight excluding hydrogens is 374 g/mol. The van der Waals surface area contributed by atoms with Crippen LogP contribution in [0.4, 0.5) is 17.6 Å². The molecule has 0 N–H and O–H groups in total. The van der Waals surface area contributed by atoms with E-state index in [2.05, 4.69) is 27.7 Å². The Morgan fingerprint density at radius 2 is 1.23 bits per heavy atom. The van der Waals surface area contributed by atoms with Crippen LogP contribution < -0.4 is 0 Å². The number of quaternary nitrogens is 1. The van der Waals surface area contributed by atoms with Gasteiger partial charge in [-0.3, -0.25) is 0 Å². The molecule has 0 aromatic rings. The van der Waals surface area contributed by atoms with Crippen LogP contribution in [-0.4, -0.2) is 55.3 Å². The van der Waals surface area contributed by atoms with Gasteiger partial charge in [-0.1, -0.05) is 19.3 Å². The van der Waals surface area contributed by atoms with Crippen molar-refractivity contribution in [1.29, 1.82) is 0 Å². The monoisotopic (exact) mass is 409 g/mol. The number of rotatable bonds is 12. The Morgan fingerprint density at radius 1 is 0.846 bits per heavy atom. The Hall–Kier alpha value is -0.410. The van der Waals surface area contributed by atoms with Crippen molar-refractivity contribution in [3.05, 3.63) is 0 Å².